The van der Waals surface area contributed by atoms with Crippen molar-refractivity contribution in [3.8, 4) is 0 Å². The highest BCUT2D eigenvalue weighted by Crippen LogP contribution is 2.18. The molecular weight excluding hydrogens is 228 g/mol. The molecule has 1 aliphatic carbocycles. The highest BCUT2D eigenvalue weighted by atomic mass is 32.2. The SMILES string of the molecule is CN(C)NS(=O)(=O)N(C)CCCNC1CC1. The Hall–Kier alpha value is -0.210. The normalized spacial score (nSPS) is 17.3. The predicted molar refractivity (Wildman–Crippen MR) is 64.0 cm³/mol. The van der Waals surface area contributed by atoms with Crippen LogP contribution in [0, 0.1) is 0 Å². The van der Waals surface area contributed by atoms with Crippen LogP contribution >= 0.6 is 0 Å². The number of hydrogen-bond acceptors (Lipinski definition) is 4. The van der Waals surface area contributed by atoms with E-state index < -0.39 is 10.2 Å². The summed E-state index contributed by atoms with van der Waals surface area (Å²) in [5.41, 5.74) is 0. The maximum Gasteiger partial charge on any atom is 0.292 e. The molecule has 0 atom stereocenters. The summed E-state index contributed by atoms with van der Waals surface area (Å²) >= 11 is 0. The van der Waals surface area contributed by atoms with Gasteiger partial charge in [0.2, 0.25) is 0 Å². The summed E-state index contributed by atoms with van der Waals surface area (Å²) in [5, 5.41) is 4.78. The molecule has 0 aromatic rings. The first-order valence-electron chi connectivity index (χ1n) is 5.56. The van der Waals surface area contributed by atoms with Crippen LogP contribution in [0.2, 0.25) is 0 Å². The molecule has 1 rings (SSSR count). The Labute approximate surface area is 98.1 Å². The van der Waals surface area contributed by atoms with Gasteiger partial charge in [-0.05, 0) is 25.8 Å². The molecule has 1 saturated carbocycles. The van der Waals surface area contributed by atoms with Crippen molar-refractivity contribution in [2.75, 3.05) is 34.2 Å². The summed E-state index contributed by atoms with van der Waals surface area (Å²) in [5.74, 6) is 0. The van der Waals surface area contributed by atoms with Gasteiger partial charge in [-0.3, -0.25) is 0 Å². The largest absolute Gasteiger partial charge is 0.314 e. The first kappa shape index (κ1) is 13.9. The molecule has 1 aliphatic rings. The molecule has 0 saturated heterocycles. The summed E-state index contributed by atoms with van der Waals surface area (Å²) < 4.78 is 24.6. The lowest BCUT2D eigenvalue weighted by Gasteiger charge is -2.20. The molecule has 16 heavy (non-hydrogen) atoms. The van der Waals surface area contributed by atoms with Gasteiger partial charge in [0.25, 0.3) is 10.2 Å². The fraction of sp³-hybridized carbons (Fsp3) is 1.00. The highest BCUT2D eigenvalue weighted by molar-refractivity contribution is 7.87. The minimum absolute atomic E-state index is 0.531. The second kappa shape index (κ2) is 5.92. The van der Waals surface area contributed by atoms with E-state index in [0.29, 0.717) is 12.6 Å². The molecule has 0 amide bonds. The second-order valence-electron chi connectivity index (χ2n) is 4.39. The van der Waals surface area contributed by atoms with E-state index in [1.807, 2.05) is 0 Å². The number of nitrogens with zero attached hydrogens (tertiary/aromatic N) is 2. The molecule has 0 aliphatic heterocycles. The molecule has 96 valence electrons. The van der Waals surface area contributed by atoms with Crippen LogP contribution in [-0.2, 0) is 10.2 Å². The van der Waals surface area contributed by atoms with Crippen molar-refractivity contribution in [3.05, 3.63) is 0 Å². The highest BCUT2D eigenvalue weighted by Gasteiger charge is 2.20. The molecule has 1 fully saturated rings. The molecular formula is C9H22N4O2S. The van der Waals surface area contributed by atoms with Crippen LogP contribution < -0.4 is 10.1 Å². The predicted octanol–water partition coefficient (Wildman–Crippen LogP) is -0.629. The third-order valence-electron chi connectivity index (χ3n) is 2.37. The molecule has 2 N–H and O–H groups in total. The maximum atomic E-state index is 11.6. The monoisotopic (exact) mass is 250 g/mol. The Balaban J connectivity index is 2.18. The van der Waals surface area contributed by atoms with Crippen molar-refractivity contribution in [1.82, 2.24) is 19.5 Å². The molecule has 0 heterocycles. The van der Waals surface area contributed by atoms with Gasteiger partial charge in [-0.1, -0.05) is 0 Å². The van der Waals surface area contributed by atoms with E-state index in [0.717, 1.165) is 13.0 Å². The molecule has 7 heteroatoms. The molecule has 0 unspecified atom stereocenters. The van der Waals surface area contributed by atoms with E-state index in [4.69, 9.17) is 0 Å². The van der Waals surface area contributed by atoms with E-state index in [1.165, 1.54) is 22.2 Å². The summed E-state index contributed by atoms with van der Waals surface area (Å²) in [4.78, 5) is 2.39. The maximum absolute atomic E-state index is 11.6. The lowest BCUT2D eigenvalue weighted by molar-refractivity contribution is 0.339. The van der Waals surface area contributed by atoms with Crippen LogP contribution in [-0.4, -0.2) is 58.0 Å². The minimum Gasteiger partial charge on any atom is -0.314 e. The topological polar surface area (TPSA) is 64.7 Å². The summed E-state index contributed by atoms with van der Waals surface area (Å²) in [6.45, 7) is 1.41. The molecule has 0 radical (unpaired) electrons. The van der Waals surface area contributed by atoms with Gasteiger partial charge in [0, 0.05) is 33.7 Å². The number of hydrogen-bond donors (Lipinski definition) is 2. The Morgan fingerprint density at radius 2 is 1.88 bits per heavy atom. The lowest BCUT2D eigenvalue weighted by atomic mass is 10.4. The van der Waals surface area contributed by atoms with Crippen LogP contribution in [0.25, 0.3) is 0 Å². The minimum atomic E-state index is -3.36. The van der Waals surface area contributed by atoms with Crippen LogP contribution in [0.5, 0.6) is 0 Å². The fourth-order valence-electron chi connectivity index (χ4n) is 1.32. The summed E-state index contributed by atoms with van der Waals surface area (Å²) in [6, 6.07) is 0.682. The van der Waals surface area contributed by atoms with E-state index in [9.17, 15) is 8.42 Å². The van der Waals surface area contributed by atoms with Gasteiger partial charge >= 0.3 is 0 Å². The Kier molecular flexibility index (Phi) is 5.13. The summed E-state index contributed by atoms with van der Waals surface area (Å²) in [6.07, 6.45) is 3.36. The van der Waals surface area contributed by atoms with Crippen LogP contribution in [0.1, 0.15) is 19.3 Å². The average molecular weight is 250 g/mol. The Morgan fingerprint density at radius 1 is 1.25 bits per heavy atom. The van der Waals surface area contributed by atoms with E-state index in [2.05, 4.69) is 10.1 Å². The Bertz CT molecular complexity index is 301. The number of hydrazine groups is 1. The quantitative estimate of drug-likeness (QED) is 0.445. The number of rotatable bonds is 8. The molecule has 6 nitrogen and oxygen atoms in total. The summed E-state index contributed by atoms with van der Waals surface area (Å²) in [7, 11) is 1.53. The van der Waals surface area contributed by atoms with Gasteiger partial charge in [-0.25, -0.2) is 5.01 Å². The average Bonchev–Trinajstić information content (AvgIpc) is 2.93. The third kappa shape index (κ3) is 5.22. The molecule has 0 bridgehead atoms. The van der Waals surface area contributed by atoms with Crippen molar-refractivity contribution >= 4 is 10.2 Å². The van der Waals surface area contributed by atoms with E-state index in [-0.39, 0.29) is 0 Å². The van der Waals surface area contributed by atoms with Crippen LogP contribution in [0.3, 0.4) is 0 Å². The first-order chi connectivity index (χ1) is 7.42. The Morgan fingerprint density at radius 3 is 2.38 bits per heavy atom. The van der Waals surface area contributed by atoms with Crippen molar-refractivity contribution in [3.63, 3.8) is 0 Å². The lowest BCUT2D eigenvalue weighted by Crippen LogP contribution is -2.45. The first-order valence-corrected chi connectivity index (χ1v) is 7.00. The second-order valence-corrected chi connectivity index (χ2v) is 6.15. The van der Waals surface area contributed by atoms with E-state index in [1.54, 1.807) is 21.1 Å². The van der Waals surface area contributed by atoms with Gasteiger partial charge in [0.1, 0.15) is 0 Å². The van der Waals surface area contributed by atoms with Crippen molar-refractivity contribution in [2.24, 2.45) is 0 Å². The van der Waals surface area contributed by atoms with Gasteiger partial charge in [0.15, 0.2) is 0 Å². The smallest absolute Gasteiger partial charge is 0.292 e. The standard InChI is InChI=1S/C9H22N4O2S/c1-12(2)11-16(14,15)13(3)8-4-7-10-9-5-6-9/h9-11H,4-8H2,1-3H3. The van der Waals surface area contributed by atoms with Crippen molar-refractivity contribution in [2.45, 2.75) is 25.3 Å². The zero-order valence-electron chi connectivity index (χ0n) is 10.2. The van der Waals surface area contributed by atoms with Gasteiger partial charge < -0.3 is 5.32 Å². The van der Waals surface area contributed by atoms with Crippen molar-refractivity contribution < 1.29 is 8.42 Å². The third-order valence-corrected chi connectivity index (χ3v) is 3.97. The number of nitrogens with one attached hydrogen (secondary N) is 2. The van der Waals surface area contributed by atoms with Crippen molar-refractivity contribution in [1.29, 1.82) is 0 Å². The van der Waals surface area contributed by atoms with E-state index >= 15 is 0 Å². The molecule has 0 aromatic heterocycles. The van der Waals surface area contributed by atoms with Crippen LogP contribution in [0.15, 0.2) is 0 Å². The van der Waals surface area contributed by atoms with Crippen LogP contribution in [0.4, 0.5) is 0 Å². The van der Waals surface area contributed by atoms with Gasteiger partial charge in [-0.2, -0.15) is 12.7 Å². The van der Waals surface area contributed by atoms with Gasteiger partial charge in [-0.15, -0.1) is 4.83 Å². The zero-order valence-corrected chi connectivity index (χ0v) is 11.0. The zero-order chi connectivity index (χ0) is 12.2. The molecule has 0 aromatic carbocycles. The fourth-order valence-corrected chi connectivity index (χ4v) is 2.29. The van der Waals surface area contributed by atoms with Gasteiger partial charge in [0.05, 0.1) is 0 Å². The molecule has 0 spiro atoms.